The first-order valence-electron chi connectivity index (χ1n) is 7.70. The van der Waals surface area contributed by atoms with E-state index in [0.29, 0.717) is 12.5 Å². The summed E-state index contributed by atoms with van der Waals surface area (Å²) >= 11 is 0. The van der Waals surface area contributed by atoms with E-state index >= 15 is 0 Å². The van der Waals surface area contributed by atoms with E-state index in [0.717, 1.165) is 30.4 Å². The van der Waals surface area contributed by atoms with E-state index < -0.39 is 9.84 Å². The van der Waals surface area contributed by atoms with Crippen molar-refractivity contribution in [3.8, 4) is 0 Å². The Balaban J connectivity index is 1.96. The molecule has 2 rings (SSSR count). The molecule has 5 nitrogen and oxygen atoms in total. The van der Waals surface area contributed by atoms with E-state index in [1.165, 1.54) is 24.7 Å². The van der Waals surface area contributed by atoms with E-state index in [1.807, 2.05) is 18.5 Å². The van der Waals surface area contributed by atoms with Crippen molar-refractivity contribution in [2.75, 3.05) is 18.6 Å². The molecular formula is C15H27N3O2S. The molecule has 1 atom stereocenters. The zero-order valence-corrected chi connectivity index (χ0v) is 14.3. The summed E-state index contributed by atoms with van der Waals surface area (Å²) in [6.07, 6.45) is 4.89. The van der Waals surface area contributed by atoms with E-state index in [-0.39, 0.29) is 5.75 Å². The van der Waals surface area contributed by atoms with Gasteiger partial charge in [0.05, 0.1) is 18.0 Å². The van der Waals surface area contributed by atoms with Gasteiger partial charge in [-0.1, -0.05) is 6.92 Å². The second-order valence-corrected chi connectivity index (χ2v) is 8.75. The van der Waals surface area contributed by atoms with E-state index in [2.05, 4.69) is 17.3 Å². The van der Waals surface area contributed by atoms with Crippen LogP contribution in [0.15, 0.2) is 0 Å². The van der Waals surface area contributed by atoms with Gasteiger partial charge in [-0.25, -0.2) is 8.42 Å². The van der Waals surface area contributed by atoms with Crippen molar-refractivity contribution in [1.82, 2.24) is 15.1 Å². The van der Waals surface area contributed by atoms with Crippen molar-refractivity contribution in [1.29, 1.82) is 0 Å². The molecule has 0 saturated heterocycles. The van der Waals surface area contributed by atoms with Crippen molar-refractivity contribution >= 4 is 9.84 Å². The molecule has 21 heavy (non-hydrogen) atoms. The van der Waals surface area contributed by atoms with Gasteiger partial charge in [-0.15, -0.1) is 0 Å². The minimum absolute atomic E-state index is 0.146. The normalized spacial score (nSPS) is 17.1. The molecule has 0 radical (unpaired) electrons. The highest BCUT2D eigenvalue weighted by atomic mass is 32.2. The van der Waals surface area contributed by atoms with Crippen LogP contribution in [-0.2, 0) is 22.8 Å². The monoisotopic (exact) mass is 313 g/mol. The van der Waals surface area contributed by atoms with Crippen molar-refractivity contribution in [3.63, 3.8) is 0 Å². The summed E-state index contributed by atoms with van der Waals surface area (Å²) < 4.78 is 24.4. The average molecular weight is 313 g/mol. The topological polar surface area (TPSA) is 64.0 Å². The highest BCUT2D eigenvalue weighted by Gasteiger charge is 2.22. The third kappa shape index (κ3) is 5.11. The molecule has 1 aromatic rings. The lowest BCUT2D eigenvalue weighted by molar-refractivity contribution is 0.507. The zero-order valence-electron chi connectivity index (χ0n) is 13.5. The van der Waals surface area contributed by atoms with E-state index in [4.69, 9.17) is 0 Å². The van der Waals surface area contributed by atoms with Gasteiger partial charge in [0.15, 0.2) is 0 Å². The van der Waals surface area contributed by atoms with Crippen LogP contribution in [0.2, 0.25) is 0 Å². The summed E-state index contributed by atoms with van der Waals surface area (Å²) in [5.41, 5.74) is 3.40. The third-order valence-corrected chi connectivity index (χ3v) is 5.01. The van der Waals surface area contributed by atoms with Crippen LogP contribution < -0.4 is 5.32 Å². The fourth-order valence-corrected chi connectivity index (χ4v) is 3.08. The molecule has 0 amide bonds. The van der Waals surface area contributed by atoms with Gasteiger partial charge in [0.2, 0.25) is 0 Å². The SMILES string of the molecule is Cc1nn(CCS(C)(=O)=O)c(C)c1CC(C)CNC1CC1. The molecule has 6 heteroatoms. The van der Waals surface area contributed by atoms with Crippen molar-refractivity contribution in [2.45, 2.75) is 52.6 Å². The molecule has 1 N–H and O–H groups in total. The Morgan fingerprint density at radius 2 is 2.05 bits per heavy atom. The Bertz CT molecular complexity index is 588. The van der Waals surface area contributed by atoms with Crippen LogP contribution in [0.5, 0.6) is 0 Å². The largest absolute Gasteiger partial charge is 0.314 e. The second-order valence-electron chi connectivity index (χ2n) is 6.49. The second kappa shape index (κ2) is 6.48. The molecule has 0 aliphatic heterocycles. The summed E-state index contributed by atoms with van der Waals surface area (Å²) in [5.74, 6) is 0.711. The lowest BCUT2D eigenvalue weighted by Crippen LogP contribution is -2.24. The third-order valence-electron chi connectivity index (χ3n) is 4.09. The number of sulfone groups is 1. The van der Waals surface area contributed by atoms with Crippen LogP contribution in [0, 0.1) is 19.8 Å². The molecule has 1 fully saturated rings. The summed E-state index contributed by atoms with van der Waals surface area (Å²) in [6.45, 7) is 7.79. The first kappa shape index (κ1) is 16.5. The summed E-state index contributed by atoms with van der Waals surface area (Å²) in [5, 5.41) is 8.07. The molecular weight excluding hydrogens is 286 g/mol. The fourth-order valence-electron chi connectivity index (χ4n) is 2.58. The maximum Gasteiger partial charge on any atom is 0.149 e. The minimum atomic E-state index is -2.95. The van der Waals surface area contributed by atoms with Crippen LogP contribution in [0.4, 0.5) is 0 Å². The quantitative estimate of drug-likeness (QED) is 0.789. The number of hydrogen-bond acceptors (Lipinski definition) is 4. The summed E-state index contributed by atoms with van der Waals surface area (Å²) in [7, 11) is -2.95. The van der Waals surface area contributed by atoms with E-state index in [9.17, 15) is 8.42 Å². The molecule has 1 aliphatic rings. The van der Waals surface area contributed by atoms with Crippen LogP contribution in [0.1, 0.15) is 36.7 Å². The average Bonchev–Trinajstić information content (AvgIpc) is 3.16. The Morgan fingerprint density at radius 1 is 1.38 bits per heavy atom. The molecule has 0 bridgehead atoms. The van der Waals surface area contributed by atoms with Crippen molar-refractivity contribution in [2.24, 2.45) is 5.92 Å². The van der Waals surface area contributed by atoms with E-state index in [1.54, 1.807) is 0 Å². The molecule has 1 heterocycles. The van der Waals surface area contributed by atoms with Crippen LogP contribution in [0.25, 0.3) is 0 Å². The van der Waals surface area contributed by atoms with Gasteiger partial charge in [0.1, 0.15) is 9.84 Å². The zero-order chi connectivity index (χ0) is 15.6. The molecule has 1 aromatic heterocycles. The highest BCUT2D eigenvalue weighted by molar-refractivity contribution is 7.90. The molecule has 120 valence electrons. The predicted octanol–water partition coefficient (Wildman–Crippen LogP) is 1.48. The van der Waals surface area contributed by atoms with Crippen LogP contribution >= 0.6 is 0 Å². The first-order valence-corrected chi connectivity index (χ1v) is 9.76. The van der Waals surface area contributed by atoms with Gasteiger partial charge in [0.25, 0.3) is 0 Å². The number of nitrogens with one attached hydrogen (secondary N) is 1. The Morgan fingerprint density at radius 3 is 2.62 bits per heavy atom. The molecule has 1 unspecified atom stereocenters. The van der Waals surface area contributed by atoms with Gasteiger partial charge >= 0.3 is 0 Å². The number of rotatable bonds is 8. The van der Waals surface area contributed by atoms with Crippen molar-refractivity contribution in [3.05, 3.63) is 17.0 Å². The van der Waals surface area contributed by atoms with Gasteiger partial charge in [0, 0.05) is 18.0 Å². The predicted molar refractivity (Wildman–Crippen MR) is 85.3 cm³/mol. The number of aromatic nitrogens is 2. The lowest BCUT2D eigenvalue weighted by atomic mass is 9.99. The molecule has 0 spiro atoms. The Hall–Kier alpha value is -0.880. The maximum atomic E-state index is 11.3. The lowest BCUT2D eigenvalue weighted by Gasteiger charge is -2.13. The van der Waals surface area contributed by atoms with Gasteiger partial charge in [-0.2, -0.15) is 5.10 Å². The molecule has 0 aromatic carbocycles. The standard InChI is InChI=1S/C15H27N3O2S/c1-11(10-16-14-5-6-14)9-15-12(2)17-18(13(15)3)7-8-21(4,19)20/h11,14,16H,5-10H2,1-4H3. The summed E-state index contributed by atoms with van der Waals surface area (Å²) in [4.78, 5) is 0. The molecule has 1 aliphatic carbocycles. The maximum absolute atomic E-state index is 11.3. The molecule has 1 saturated carbocycles. The van der Waals surface area contributed by atoms with Gasteiger partial charge in [-0.05, 0) is 51.1 Å². The van der Waals surface area contributed by atoms with Crippen LogP contribution in [-0.4, -0.2) is 42.8 Å². The first-order chi connectivity index (χ1) is 9.76. The smallest absolute Gasteiger partial charge is 0.149 e. The number of hydrogen-bond donors (Lipinski definition) is 1. The number of aryl methyl sites for hydroxylation is 2. The van der Waals surface area contributed by atoms with Crippen LogP contribution in [0.3, 0.4) is 0 Å². The fraction of sp³-hybridized carbons (Fsp3) is 0.800. The summed E-state index contributed by atoms with van der Waals surface area (Å²) in [6, 6.07) is 0.743. The van der Waals surface area contributed by atoms with Gasteiger partial charge < -0.3 is 5.32 Å². The van der Waals surface area contributed by atoms with Crippen molar-refractivity contribution < 1.29 is 8.42 Å². The minimum Gasteiger partial charge on any atom is -0.314 e. The Labute approximate surface area is 128 Å². The highest BCUT2D eigenvalue weighted by Crippen LogP contribution is 2.21. The van der Waals surface area contributed by atoms with Gasteiger partial charge in [-0.3, -0.25) is 4.68 Å². The Kier molecular flexibility index (Phi) is 5.09. The number of nitrogens with zero attached hydrogens (tertiary/aromatic N) is 2.